The lowest BCUT2D eigenvalue weighted by atomic mass is 10.1. The van der Waals surface area contributed by atoms with Crippen molar-refractivity contribution in [3.8, 4) is 0 Å². The first kappa shape index (κ1) is 16.8. The molecule has 1 saturated heterocycles. The second-order valence-electron chi connectivity index (χ2n) is 7.02. The van der Waals surface area contributed by atoms with E-state index in [0.29, 0.717) is 12.5 Å². The average molecular weight is 351 g/mol. The van der Waals surface area contributed by atoms with Crippen molar-refractivity contribution in [1.29, 1.82) is 0 Å². The van der Waals surface area contributed by atoms with Crippen LogP contribution >= 0.6 is 0 Å². The number of hydrogen-bond acceptors (Lipinski definition) is 5. The molecule has 6 heteroatoms. The summed E-state index contributed by atoms with van der Waals surface area (Å²) in [5.74, 6) is 2.17. The van der Waals surface area contributed by atoms with Gasteiger partial charge in [-0.2, -0.15) is 0 Å². The number of amidine groups is 2. The maximum absolute atomic E-state index is 12.5. The summed E-state index contributed by atoms with van der Waals surface area (Å²) in [5.41, 5.74) is 1.22. The number of nitrogens with zero attached hydrogens (tertiary/aromatic N) is 5. The van der Waals surface area contributed by atoms with E-state index in [4.69, 9.17) is 0 Å². The van der Waals surface area contributed by atoms with Crippen LogP contribution in [0.4, 0.5) is 0 Å². The Bertz CT molecular complexity index is 747. The number of aliphatic imine (C=N–C) groups is 2. The smallest absolute Gasteiger partial charge is 0.223 e. The predicted molar refractivity (Wildman–Crippen MR) is 103 cm³/mol. The largest absolute Gasteiger partial charge is 0.350 e. The molecule has 6 nitrogen and oxygen atoms in total. The number of rotatable bonds is 3. The van der Waals surface area contributed by atoms with E-state index in [9.17, 15) is 4.79 Å². The molecule has 4 rings (SSSR count). The lowest BCUT2D eigenvalue weighted by molar-refractivity contribution is -0.132. The molecule has 3 heterocycles. The molecule has 0 spiro atoms. The second-order valence-corrected chi connectivity index (χ2v) is 7.02. The van der Waals surface area contributed by atoms with Gasteiger partial charge in [-0.3, -0.25) is 9.79 Å². The van der Waals surface area contributed by atoms with Crippen molar-refractivity contribution in [3.05, 3.63) is 48.3 Å². The molecule has 3 aliphatic rings. The molecule has 3 aliphatic heterocycles. The van der Waals surface area contributed by atoms with E-state index in [1.54, 1.807) is 0 Å². The number of carbonyl (C=O) groups excluding carboxylic acids is 1. The first-order chi connectivity index (χ1) is 12.7. The molecule has 1 fully saturated rings. The van der Waals surface area contributed by atoms with Crippen LogP contribution in [0.5, 0.6) is 0 Å². The number of aryl methyl sites for hydroxylation is 1. The molecule has 136 valence electrons. The van der Waals surface area contributed by atoms with Gasteiger partial charge in [-0.15, -0.1) is 0 Å². The molecule has 26 heavy (non-hydrogen) atoms. The molecule has 0 unspecified atom stereocenters. The minimum absolute atomic E-state index is 0.243. The van der Waals surface area contributed by atoms with Crippen LogP contribution in [-0.4, -0.2) is 71.0 Å². The van der Waals surface area contributed by atoms with Crippen molar-refractivity contribution in [2.45, 2.75) is 25.8 Å². The zero-order chi connectivity index (χ0) is 17.9. The summed E-state index contributed by atoms with van der Waals surface area (Å²) in [5, 5.41) is 0. The second kappa shape index (κ2) is 7.32. The highest BCUT2D eigenvalue weighted by Crippen LogP contribution is 2.18. The fourth-order valence-electron chi connectivity index (χ4n) is 3.68. The Morgan fingerprint density at radius 1 is 1.12 bits per heavy atom. The standard InChI is InChI=1S/C20H25N5O/c1-16-15-22-20-19(21-9-10-25(16)20)24-13-11-23(12-14-24)18(26)8-7-17-5-3-2-4-6-17/h2-6,9-10,16H,7-8,11-15H2,1H3/t16-/m1/s1. The van der Waals surface area contributed by atoms with Crippen LogP contribution in [-0.2, 0) is 11.2 Å². The van der Waals surface area contributed by atoms with Crippen molar-refractivity contribution in [2.24, 2.45) is 9.98 Å². The number of benzene rings is 1. The highest BCUT2D eigenvalue weighted by Gasteiger charge is 2.32. The topological polar surface area (TPSA) is 51.5 Å². The molecule has 0 aromatic heterocycles. The molecule has 0 N–H and O–H groups in total. The van der Waals surface area contributed by atoms with Gasteiger partial charge in [0.15, 0.2) is 11.7 Å². The number of hydrogen-bond donors (Lipinski definition) is 0. The third kappa shape index (κ3) is 3.36. The molecule has 1 aromatic rings. The number of fused-ring (bicyclic) bond motifs is 1. The zero-order valence-electron chi connectivity index (χ0n) is 15.2. The third-order valence-corrected chi connectivity index (χ3v) is 5.25. The maximum atomic E-state index is 12.5. The summed E-state index contributed by atoms with van der Waals surface area (Å²) in [6, 6.07) is 10.6. The Kier molecular flexibility index (Phi) is 4.73. The van der Waals surface area contributed by atoms with Gasteiger partial charge in [0.1, 0.15) is 0 Å². The van der Waals surface area contributed by atoms with Crippen molar-refractivity contribution in [2.75, 3.05) is 32.7 Å². The number of amides is 1. The van der Waals surface area contributed by atoms with Crippen LogP contribution in [0.15, 0.2) is 52.7 Å². The van der Waals surface area contributed by atoms with Gasteiger partial charge in [-0.1, -0.05) is 30.3 Å². The molecular formula is C20H25N5O. The minimum atomic E-state index is 0.243. The molecule has 1 amide bonds. The van der Waals surface area contributed by atoms with Crippen LogP contribution in [0.1, 0.15) is 18.9 Å². The van der Waals surface area contributed by atoms with E-state index < -0.39 is 0 Å². The first-order valence-electron chi connectivity index (χ1n) is 9.36. The summed E-state index contributed by atoms with van der Waals surface area (Å²) in [6.45, 7) is 6.11. The zero-order valence-corrected chi connectivity index (χ0v) is 15.2. The fraction of sp³-hybridized carbons (Fsp3) is 0.450. The monoisotopic (exact) mass is 351 g/mol. The highest BCUT2D eigenvalue weighted by atomic mass is 16.2. The lowest BCUT2D eigenvalue weighted by Gasteiger charge is -2.38. The SMILES string of the molecule is C[C@@H]1CN=C2C(N3CCN(C(=O)CCc4ccccc4)CC3)=NC=CN21. The molecule has 1 aromatic carbocycles. The fourth-order valence-corrected chi connectivity index (χ4v) is 3.68. The van der Waals surface area contributed by atoms with E-state index in [-0.39, 0.29) is 5.91 Å². The van der Waals surface area contributed by atoms with E-state index >= 15 is 0 Å². The normalized spacial score (nSPS) is 22.2. The molecule has 0 radical (unpaired) electrons. The Morgan fingerprint density at radius 3 is 2.65 bits per heavy atom. The van der Waals surface area contributed by atoms with Crippen molar-refractivity contribution >= 4 is 17.6 Å². The van der Waals surface area contributed by atoms with Gasteiger partial charge in [0.25, 0.3) is 0 Å². The van der Waals surface area contributed by atoms with E-state index in [1.165, 1.54) is 5.56 Å². The summed E-state index contributed by atoms with van der Waals surface area (Å²) in [7, 11) is 0. The van der Waals surface area contributed by atoms with E-state index in [2.05, 4.69) is 38.8 Å². The third-order valence-electron chi connectivity index (χ3n) is 5.25. The Labute approximate surface area is 154 Å². The summed E-state index contributed by atoms with van der Waals surface area (Å²) in [4.78, 5) is 28.2. The summed E-state index contributed by atoms with van der Waals surface area (Å²) >= 11 is 0. The van der Waals surface area contributed by atoms with Gasteiger partial charge in [0, 0.05) is 45.0 Å². The van der Waals surface area contributed by atoms with Crippen LogP contribution in [0, 0.1) is 0 Å². The lowest BCUT2D eigenvalue weighted by Crippen LogP contribution is -2.54. The number of carbonyl (C=O) groups is 1. The average Bonchev–Trinajstić information content (AvgIpc) is 3.08. The van der Waals surface area contributed by atoms with Gasteiger partial charge in [-0.25, -0.2) is 4.99 Å². The van der Waals surface area contributed by atoms with Crippen molar-refractivity contribution in [1.82, 2.24) is 14.7 Å². The van der Waals surface area contributed by atoms with Gasteiger partial charge in [-0.05, 0) is 18.9 Å². The van der Waals surface area contributed by atoms with Crippen LogP contribution in [0.2, 0.25) is 0 Å². The Hall–Kier alpha value is -2.63. The van der Waals surface area contributed by atoms with Gasteiger partial charge in [0.05, 0.1) is 12.6 Å². The number of piperazine rings is 1. The van der Waals surface area contributed by atoms with Gasteiger partial charge in [0.2, 0.25) is 5.91 Å². The summed E-state index contributed by atoms with van der Waals surface area (Å²) < 4.78 is 0. The predicted octanol–water partition coefficient (Wildman–Crippen LogP) is 1.75. The van der Waals surface area contributed by atoms with E-state index in [1.807, 2.05) is 35.5 Å². The Morgan fingerprint density at radius 2 is 1.88 bits per heavy atom. The highest BCUT2D eigenvalue weighted by molar-refractivity contribution is 6.41. The molecule has 0 bridgehead atoms. The minimum Gasteiger partial charge on any atom is -0.350 e. The van der Waals surface area contributed by atoms with Crippen molar-refractivity contribution in [3.63, 3.8) is 0 Å². The molecule has 1 atom stereocenters. The van der Waals surface area contributed by atoms with E-state index in [0.717, 1.165) is 50.8 Å². The van der Waals surface area contributed by atoms with Gasteiger partial charge < -0.3 is 14.7 Å². The van der Waals surface area contributed by atoms with Crippen LogP contribution in [0.3, 0.4) is 0 Å². The molecule has 0 aliphatic carbocycles. The quantitative estimate of drug-likeness (QED) is 0.834. The maximum Gasteiger partial charge on any atom is 0.223 e. The van der Waals surface area contributed by atoms with Gasteiger partial charge >= 0.3 is 0 Å². The Balaban J connectivity index is 1.31. The van der Waals surface area contributed by atoms with Crippen LogP contribution < -0.4 is 0 Å². The van der Waals surface area contributed by atoms with Crippen LogP contribution in [0.25, 0.3) is 0 Å². The molecular weight excluding hydrogens is 326 g/mol. The first-order valence-corrected chi connectivity index (χ1v) is 9.36. The summed E-state index contributed by atoms with van der Waals surface area (Å²) in [6.07, 6.45) is 5.24. The molecule has 0 saturated carbocycles. The van der Waals surface area contributed by atoms with Crippen molar-refractivity contribution < 1.29 is 4.79 Å².